The van der Waals surface area contributed by atoms with Crippen molar-refractivity contribution in [2.45, 2.75) is 12.8 Å². The molecule has 25 heavy (non-hydrogen) atoms. The van der Waals surface area contributed by atoms with Gasteiger partial charge < -0.3 is 11.1 Å². The zero-order valence-electron chi connectivity index (χ0n) is 14.0. The van der Waals surface area contributed by atoms with E-state index in [4.69, 9.17) is 15.8 Å². The zero-order valence-corrected chi connectivity index (χ0v) is 14.0. The van der Waals surface area contributed by atoms with Crippen LogP contribution in [0.4, 0.5) is 5.69 Å². The Labute approximate surface area is 145 Å². The van der Waals surface area contributed by atoms with Crippen molar-refractivity contribution in [1.82, 2.24) is 20.4 Å². The molecule has 3 aromatic rings. The van der Waals surface area contributed by atoms with Gasteiger partial charge in [0.05, 0.1) is 11.8 Å². The maximum atomic E-state index is 5.78. The lowest BCUT2D eigenvalue weighted by Crippen LogP contribution is -2.46. The standard InChI is InChI=1S/C19H20N6/c1-21-19-22-11-16-17(14-5-3-2-4-6-14)24-25(18(16)23-19)12-13-7-9-15(20)10-8-13/h2-11,19,21-22H,12,20H2,1H3. The number of benzene rings is 2. The van der Waals surface area contributed by atoms with Gasteiger partial charge in [-0.15, -0.1) is 0 Å². The number of hydrogen-bond donors (Lipinski definition) is 3. The lowest BCUT2D eigenvalue weighted by molar-refractivity contribution is 0.511. The summed E-state index contributed by atoms with van der Waals surface area (Å²) in [5, 5.41) is 12.2. The second-order valence-corrected chi connectivity index (χ2v) is 5.98. The topological polar surface area (TPSA) is 80.3 Å². The third-order valence-corrected chi connectivity index (χ3v) is 4.23. The highest BCUT2D eigenvalue weighted by Crippen LogP contribution is 2.12. The highest BCUT2D eigenvalue weighted by atomic mass is 15.3. The molecule has 0 spiro atoms. The van der Waals surface area contributed by atoms with Gasteiger partial charge >= 0.3 is 0 Å². The number of rotatable bonds is 4. The van der Waals surface area contributed by atoms with Crippen LogP contribution in [0.5, 0.6) is 0 Å². The Bertz CT molecular complexity index is 989. The van der Waals surface area contributed by atoms with Gasteiger partial charge in [0.25, 0.3) is 0 Å². The number of nitrogens with zero attached hydrogens (tertiary/aromatic N) is 3. The Hall–Kier alpha value is -3.12. The predicted molar refractivity (Wildman–Crippen MR) is 98.8 cm³/mol. The van der Waals surface area contributed by atoms with Gasteiger partial charge in [0.2, 0.25) is 0 Å². The molecule has 0 bridgehead atoms. The van der Waals surface area contributed by atoms with Gasteiger partial charge in [-0.25, -0.2) is 9.67 Å². The first-order valence-electron chi connectivity index (χ1n) is 8.22. The van der Waals surface area contributed by atoms with Crippen LogP contribution in [0.2, 0.25) is 0 Å². The Kier molecular flexibility index (Phi) is 3.95. The maximum Gasteiger partial charge on any atom is 0.175 e. The quantitative estimate of drug-likeness (QED) is 0.613. The largest absolute Gasteiger partial charge is 0.399 e. The molecule has 1 atom stereocenters. The van der Waals surface area contributed by atoms with Gasteiger partial charge in [0, 0.05) is 17.5 Å². The summed E-state index contributed by atoms with van der Waals surface area (Å²) in [6.45, 7) is 0.642. The van der Waals surface area contributed by atoms with Gasteiger partial charge in [0.15, 0.2) is 11.8 Å². The minimum Gasteiger partial charge on any atom is -0.399 e. The lowest BCUT2D eigenvalue weighted by Gasteiger charge is -2.14. The molecule has 4 N–H and O–H groups in total. The van der Waals surface area contributed by atoms with Crippen molar-refractivity contribution in [3.8, 4) is 11.3 Å². The third kappa shape index (κ3) is 2.99. The third-order valence-electron chi connectivity index (χ3n) is 4.23. The molecule has 0 saturated carbocycles. The monoisotopic (exact) mass is 332 g/mol. The minimum atomic E-state index is -0.155. The molecule has 0 fully saturated rings. The summed E-state index contributed by atoms with van der Waals surface area (Å²) in [5.41, 5.74) is 10.5. The van der Waals surface area contributed by atoms with Crippen molar-refractivity contribution in [2.24, 2.45) is 4.99 Å². The Morgan fingerprint density at radius 3 is 2.60 bits per heavy atom. The predicted octanol–water partition coefficient (Wildman–Crippen LogP) is 0.644. The van der Waals surface area contributed by atoms with E-state index in [-0.39, 0.29) is 6.29 Å². The number of aromatic nitrogens is 2. The van der Waals surface area contributed by atoms with Crippen LogP contribution in [-0.4, -0.2) is 23.1 Å². The smallest absolute Gasteiger partial charge is 0.175 e. The molecular formula is C19H20N6. The molecule has 4 rings (SSSR count). The Balaban J connectivity index is 1.84. The normalized spacial score (nSPS) is 15.6. The fourth-order valence-electron chi connectivity index (χ4n) is 2.92. The van der Waals surface area contributed by atoms with E-state index < -0.39 is 0 Å². The second kappa shape index (κ2) is 6.41. The average Bonchev–Trinajstić information content (AvgIpc) is 3.02. The SMILES string of the molecule is CNC1N=c2c(c(-c3ccccc3)nn2Cc2ccc(N)cc2)=CN1. The molecule has 6 heteroatoms. The number of nitrogens with two attached hydrogens (primary N) is 1. The summed E-state index contributed by atoms with van der Waals surface area (Å²) in [5.74, 6) is 0. The summed E-state index contributed by atoms with van der Waals surface area (Å²) in [6.07, 6.45) is 1.83. The van der Waals surface area contributed by atoms with Crippen LogP contribution in [0.15, 0.2) is 59.6 Å². The first kappa shape index (κ1) is 15.4. The molecular weight excluding hydrogens is 312 g/mol. The molecule has 0 amide bonds. The first-order chi connectivity index (χ1) is 12.2. The van der Waals surface area contributed by atoms with Crippen LogP contribution in [-0.2, 0) is 6.54 Å². The highest BCUT2D eigenvalue weighted by Gasteiger charge is 2.15. The Morgan fingerprint density at radius 1 is 1.12 bits per heavy atom. The van der Waals surface area contributed by atoms with Gasteiger partial charge in [0.1, 0.15) is 5.69 Å². The number of nitrogens with one attached hydrogen (secondary N) is 2. The summed E-state index contributed by atoms with van der Waals surface area (Å²) >= 11 is 0. The molecule has 2 heterocycles. The van der Waals surface area contributed by atoms with Crippen LogP contribution in [0.1, 0.15) is 5.56 Å². The molecule has 1 aromatic heterocycles. The van der Waals surface area contributed by atoms with E-state index in [1.165, 1.54) is 0 Å². The number of anilines is 1. The van der Waals surface area contributed by atoms with Crippen LogP contribution in [0, 0.1) is 0 Å². The van der Waals surface area contributed by atoms with Crippen molar-refractivity contribution in [2.75, 3.05) is 12.8 Å². The van der Waals surface area contributed by atoms with Crippen LogP contribution in [0.3, 0.4) is 0 Å². The zero-order chi connectivity index (χ0) is 17.2. The van der Waals surface area contributed by atoms with Crippen molar-refractivity contribution >= 4 is 11.9 Å². The summed E-state index contributed by atoms with van der Waals surface area (Å²) in [7, 11) is 1.87. The molecule has 6 nitrogen and oxygen atoms in total. The highest BCUT2D eigenvalue weighted by molar-refractivity contribution is 5.60. The second-order valence-electron chi connectivity index (χ2n) is 5.98. The van der Waals surface area contributed by atoms with Crippen LogP contribution >= 0.6 is 0 Å². The van der Waals surface area contributed by atoms with Gasteiger partial charge in [-0.3, -0.25) is 5.32 Å². The number of fused-ring (bicyclic) bond motifs is 1. The van der Waals surface area contributed by atoms with E-state index in [1.54, 1.807) is 0 Å². The molecule has 1 aliphatic rings. The van der Waals surface area contributed by atoms with Crippen molar-refractivity contribution in [1.29, 1.82) is 0 Å². The molecule has 0 aliphatic carbocycles. The lowest BCUT2D eigenvalue weighted by atomic mass is 10.1. The first-order valence-corrected chi connectivity index (χ1v) is 8.22. The Morgan fingerprint density at radius 2 is 1.88 bits per heavy atom. The van der Waals surface area contributed by atoms with Crippen molar-refractivity contribution in [3.63, 3.8) is 0 Å². The van der Waals surface area contributed by atoms with E-state index in [9.17, 15) is 0 Å². The molecule has 0 radical (unpaired) electrons. The molecule has 126 valence electrons. The maximum absolute atomic E-state index is 5.78. The summed E-state index contributed by atoms with van der Waals surface area (Å²) < 4.78 is 1.95. The van der Waals surface area contributed by atoms with Crippen LogP contribution in [0.25, 0.3) is 17.5 Å². The summed E-state index contributed by atoms with van der Waals surface area (Å²) in [4.78, 5) is 4.75. The van der Waals surface area contributed by atoms with E-state index in [0.717, 1.165) is 33.2 Å². The molecule has 0 saturated heterocycles. The molecule has 1 aliphatic heterocycles. The molecule has 2 aromatic carbocycles. The minimum absolute atomic E-state index is 0.155. The fourth-order valence-corrected chi connectivity index (χ4v) is 2.92. The summed E-state index contributed by atoms with van der Waals surface area (Å²) in [6, 6.07) is 18.0. The van der Waals surface area contributed by atoms with Gasteiger partial charge in [-0.1, -0.05) is 42.5 Å². The molecule has 1 unspecified atom stereocenters. The van der Waals surface area contributed by atoms with E-state index in [0.29, 0.717) is 6.54 Å². The van der Waals surface area contributed by atoms with Crippen molar-refractivity contribution < 1.29 is 0 Å². The number of hydrogen-bond acceptors (Lipinski definition) is 5. The van der Waals surface area contributed by atoms with E-state index in [1.807, 2.05) is 60.4 Å². The average molecular weight is 332 g/mol. The van der Waals surface area contributed by atoms with E-state index in [2.05, 4.69) is 22.8 Å². The number of nitrogen functional groups attached to an aromatic ring is 1. The van der Waals surface area contributed by atoms with Gasteiger partial charge in [-0.05, 0) is 24.7 Å². The van der Waals surface area contributed by atoms with E-state index >= 15 is 0 Å². The fraction of sp³-hybridized carbons (Fsp3) is 0.158. The van der Waals surface area contributed by atoms with Gasteiger partial charge in [-0.2, -0.15) is 5.10 Å². The van der Waals surface area contributed by atoms with Crippen molar-refractivity contribution in [3.05, 3.63) is 70.9 Å². The van der Waals surface area contributed by atoms with Crippen LogP contribution < -0.4 is 27.1 Å².